The van der Waals surface area contributed by atoms with Crippen LogP contribution in [0, 0.1) is 0 Å². The SMILES string of the molecule is CN(C)S(=O)(=O)N1CCCC(C)(O)C1. The molecule has 0 saturated carbocycles. The van der Waals surface area contributed by atoms with Crippen LogP contribution in [0.4, 0.5) is 0 Å². The van der Waals surface area contributed by atoms with Gasteiger partial charge in [-0.25, -0.2) is 0 Å². The number of hydrogen-bond acceptors (Lipinski definition) is 3. The summed E-state index contributed by atoms with van der Waals surface area (Å²) in [5.41, 5.74) is -0.888. The molecule has 0 aromatic heterocycles. The molecular formula is C8H18N2O3S. The number of piperidine rings is 1. The molecule has 1 atom stereocenters. The van der Waals surface area contributed by atoms with Crippen LogP contribution in [0.5, 0.6) is 0 Å². The normalized spacial score (nSPS) is 30.9. The van der Waals surface area contributed by atoms with Crippen LogP contribution in [0.1, 0.15) is 19.8 Å². The molecule has 0 aliphatic carbocycles. The standard InChI is InChI=1S/C8H18N2O3S/c1-8(11)5-4-6-10(7-8)14(12,13)9(2)3/h11H,4-7H2,1-3H3. The van der Waals surface area contributed by atoms with Crippen molar-refractivity contribution in [3.63, 3.8) is 0 Å². The molecule has 0 spiro atoms. The molecule has 6 heteroatoms. The van der Waals surface area contributed by atoms with Gasteiger partial charge in [0.05, 0.1) is 5.60 Å². The van der Waals surface area contributed by atoms with Crippen molar-refractivity contribution in [1.29, 1.82) is 0 Å². The molecule has 1 heterocycles. The second-order valence-electron chi connectivity index (χ2n) is 4.22. The smallest absolute Gasteiger partial charge is 0.281 e. The van der Waals surface area contributed by atoms with Crippen molar-refractivity contribution in [2.45, 2.75) is 25.4 Å². The van der Waals surface area contributed by atoms with Crippen LogP contribution in [0.2, 0.25) is 0 Å². The summed E-state index contributed by atoms with van der Waals surface area (Å²) >= 11 is 0. The van der Waals surface area contributed by atoms with Gasteiger partial charge in [0.1, 0.15) is 0 Å². The maximum absolute atomic E-state index is 11.7. The Labute approximate surface area is 85.5 Å². The second kappa shape index (κ2) is 3.77. The lowest BCUT2D eigenvalue weighted by Crippen LogP contribution is -2.51. The first kappa shape index (κ1) is 11.9. The van der Waals surface area contributed by atoms with Crippen LogP contribution in [-0.2, 0) is 10.2 Å². The molecule has 0 bridgehead atoms. The second-order valence-corrected chi connectivity index (χ2v) is 6.37. The van der Waals surface area contributed by atoms with Crippen molar-refractivity contribution in [3.05, 3.63) is 0 Å². The molecule has 0 aromatic rings. The zero-order valence-corrected chi connectivity index (χ0v) is 9.71. The summed E-state index contributed by atoms with van der Waals surface area (Å²) in [6.07, 6.45) is 1.37. The average Bonchev–Trinajstić information content (AvgIpc) is 2.02. The fraction of sp³-hybridized carbons (Fsp3) is 1.00. The van der Waals surface area contributed by atoms with Gasteiger partial charge in [0, 0.05) is 27.2 Å². The number of hydrogen-bond donors (Lipinski definition) is 1. The van der Waals surface area contributed by atoms with Gasteiger partial charge in [-0.2, -0.15) is 17.0 Å². The molecule has 14 heavy (non-hydrogen) atoms. The zero-order chi connectivity index (χ0) is 11.0. The zero-order valence-electron chi connectivity index (χ0n) is 8.89. The molecule has 1 aliphatic rings. The van der Waals surface area contributed by atoms with E-state index in [9.17, 15) is 13.5 Å². The molecule has 1 unspecified atom stereocenters. The fourth-order valence-corrected chi connectivity index (χ4v) is 2.87. The highest BCUT2D eigenvalue weighted by molar-refractivity contribution is 7.86. The van der Waals surface area contributed by atoms with E-state index < -0.39 is 15.8 Å². The third-order valence-corrected chi connectivity index (χ3v) is 4.31. The van der Waals surface area contributed by atoms with Crippen LogP contribution in [-0.4, -0.2) is 54.9 Å². The summed E-state index contributed by atoms with van der Waals surface area (Å²) in [7, 11) is -0.367. The van der Waals surface area contributed by atoms with Crippen molar-refractivity contribution in [1.82, 2.24) is 8.61 Å². The van der Waals surface area contributed by atoms with Crippen molar-refractivity contribution < 1.29 is 13.5 Å². The quantitative estimate of drug-likeness (QED) is 0.694. The number of aliphatic hydroxyl groups is 1. The first-order valence-corrected chi connectivity index (χ1v) is 6.05. The van der Waals surface area contributed by atoms with Gasteiger partial charge in [-0.3, -0.25) is 0 Å². The van der Waals surface area contributed by atoms with Crippen LogP contribution in [0.15, 0.2) is 0 Å². The summed E-state index contributed by atoms with van der Waals surface area (Å²) in [6, 6.07) is 0. The summed E-state index contributed by atoms with van der Waals surface area (Å²) in [5, 5.41) is 9.77. The highest BCUT2D eigenvalue weighted by Crippen LogP contribution is 2.22. The Morgan fingerprint density at radius 1 is 1.43 bits per heavy atom. The highest BCUT2D eigenvalue weighted by Gasteiger charge is 2.35. The number of nitrogens with zero attached hydrogens (tertiary/aromatic N) is 2. The van der Waals surface area contributed by atoms with Gasteiger partial charge >= 0.3 is 0 Å². The Balaban J connectivity index is 2.80. The molecule has 84 valence electrons. The minimum Gasteiger partial charge on any atom is -0.389 e. The van der Waals surface area contributed by atoms with E-state index in [1.54, 1.807) is 6.92 Å². The lowest BCUT2D eigenvalue weighted by molar-refractivity contribution is 0.00820. The summed E-state index contributed by atoms with van der Waals surface area (Å²) in [6.45, 7) is 2.36. The lowest BCUT2D eigenvalue weighted by atomic mass is 9.97. The van der Waals surface area contributed by atoms with E-state index in [1.165, 1.54) is 22.7 Å². The van der Waals surface area contributed by atoms with Crippen LogP contribution in [0.25, 0.3) is 0 Å². The van der Waals surface area contributed by atoms with Crippen LogP contribution in [0.3, 0.4) is 0 Å². The number of β-amino-alcohol motifs (C(OH)–C–C–N with tert-alkyl or cyclic N) is 1. The van der Waals surface area contributed by atoms with E-state index in [1.807, 2.05) is 0 Å². The van der Waals surface area contributed by atoms with Gasteiger partial charge in [-0.15, -0.1) is 0 Å². The molecule has 0 aromatic carbocycles. The highest BCUT2D eigenvalue weighted by atomic mass is 32.2. The van der Waals surface area contributed by atoms with Gasteiger partial charge in [-0.05, 0) is 19.8 Å². The molecule has 0 radical (unpaired) electrons. The third-order valence-electron chi connectivity index (χ3n) is 2.43. The van der Waals surface area contributed by atoms with E-state index in [4.69, 9.17) is 0 Å². The van der Waals surface area contributed by atoms with E-state index in [0.717, 1.165) is 0 Å². The Bertz CT molecular complexity index is 298. The van der Waals surface area contributed by atoms with E-state index in [-0.39, 0.29) is 6.54 Å². The predicted octanol–water partition coefficient (Wildman–Crippen LogP) is -0.360. The summed E-state index contributed by atoms with van der Waals surface area (Å²) in [4.78, 5) is 0. The third kappa shape index (κ3) is 2.44. The molecule has 1 fully saturated rings. The monoisotopic (exact) mass is 222 g/mol. The topological polar surface area (TPSA) is 60.9 Å². The van der Waals surface area contributed by atoms with Gasteiger partial charge < -0.3 is 5.11 Å². The van der Waals surface area contributed by atoms with Crippen LogP contribution < -0.4 is 0 Å². The molecule has 1 saturated heterocycles. The van der Waals surface area contributed by atoms with Crippen molar-refractivity contribution in [3.8, 4) is 0 Å². The van der Waals surface area contributed by atoms with E-state index in [2.05, 4.69) is 0 Å². The molecular weight excluding hydrogens is 204 g/mol. The Hall–Kier alpha value is -0.170. The summed E-state index contributed by atoms with van der Waals surface area (Å²) < 4.78 is 25.9. The summed E-state index contributed by atoms with van der Waals surface area (Å²) in [5.74, 6) is 0. The molecule has 5 nitrogen and oxygen atoms in total. The molecule has 0 amide bonds. The maximum Gasteiger partial charge on any atom is 0.281 e. The predicted molar refractivity (Wildman–Crippen MR) is 54.0 cm³/mol. The molecule has 1 N–H and O–H groups in total. The minimum atomic E-state index is -3.36. The fourth-order valence-electron chi connectivity index (χ4n) is 1.60. The van der Waals surface area contributed by atoms with Crippen molar-refractivity contribution in [2.24, 2.45) is 0 Å². The Morgan fingerprint density at radius 3 is 2.43 bits per heavy atom. The molecule has 1 aliphatic heterocycles. The van der Waals surface area contributed by atoms with Gasteiger partial charge in [0.15, 0.2) is 0 Å². The number of rotatable bonds is 2. The van der Waals surface area contributed by atoms with Crippen molar-refractivity contribution in [2.75, 3.05) is 27.2 Å². The Kier molecular flexibility index (Phi) is 3.20. The molecule has 1 rings (SSSR count). The van der Waals surface area contributed by atoms with E-state index in [0.29, 0.717) is 19.4 Å². The minimum absolute atomic E-state index is 0.188. The first-order chi connectivity index (χ1) is 6.26. The van der Waals surface area contributed by atoms with Crippen LogP contribution >= 0.6 is 0 Å². The average molecular weight is 222 g/mol. The van der Waals surface area contributed by atoms with Gasteiger partial charge in [0.25, 0.3) is 10.2 Å². The lowest BCUT2D eigenvalue weighted by Gasteiger charge is -2.36. The van der Waals surface area contributed by atoms with Gasteiger partial charge in [-0.1, -0.05) is 0 Å². The largest absolute Gasteiger partial charge is 0.389 e. The maximum atomic E-state index is 11.7. The van der Waals surface area contributed by atoms with Gasteiger partial charge in [0.2, 0.25) is 0 Å². The van der Waals surface area contributed by atoms with Crippen molar-refractivity contribution >= 4 is 10.2 Å². The first-order valence-electron chi connectivity index (χ1n) is 4.66. The van der Waals surface area contributed by atoms with E-state index >= 15 is 0 Å². The Morgan fingerprint density at radius 2 is 2.00 bits per heavy atom.